The summed E-state index contributed by atoms with van der Waals surface area (Å²) in [6, 6.07) is 23.1. The number of halogens is 1. The molecule has 0 aliphatic carbocycles. The minimum Gasteiger partial charge on any atom is -0.454 e. The normalized spacial score (nSPS) is 12.1. The standard InChI is InChI=1S/C29H19ClN2O5/c30-22-7-3-4-8-23(22)31-27(33)15-32-14-21(28(34)19-10-9-17-5-1-2-6-18(17)11-19)29(35)20-12-25-26(13-24(20)32)37-16-36-25/h1-14H,15-16H2,(H,31,33). The van der Waals surface area contributed by atoms with Crippen LogP contribution in [0.15, 0.2) is 89.9 Å². The van der Waals surface area contributed by atoms with Crippen molar-refractivity contribution < 1.29 is 19.1 Å². The lowest BCUT2D eigenvalue weighted by atomic mass is 9.99. The molecule has 7 nitrogen and oxygen atoms in total. The molecule has 0 unspecified atom stereocenters. The molecule has 4 aromatic carbocycles. The lowest BCUT2D eigenvalue weighted by Gasteiger charge is -2.14. The van der Waals surface area contributed by atoms with E-state index in [1.54, 1.807) is 53.1 Å². The Morgan fingerprint density at radius 1 is 0.892 bits per heavy atom. The topological polar surface area (TPSA) is 86.6 Å². The molecule has 0 saturated heterocycles. The molecule has 1 aliphatic heterocycles. The third-order valence-corrected chi connectivity index (χ3v) is 6.62. The minimum atomic E-state index is -0.450. The number of anilines is 1. The highest BCUT2D eigenvalue weighted by molar-refractivity contribution is 6.33. The third kappa shape index (κ3) is 4.19. The number of fused-ring (bicyclic) bond motifs is 3. The lowest BCUT2D eigenvalue weighted by molar-refractivity contribution is -0.116. The number of ether oxygens (including phenoxy) is 2. The number of rotatable bonds is 5. The highest BCUT2D eigenvalue weighted by Crippen LogP contribution is 2.35. The lowest BCUT2D eigenvalue weighted by Crippen LogP contribution is -2.24. The van der Waals surface area contributed by atoms with Crippen LogP contribution in [-0.2, 0) is 11.3 Å². The van der Waals surface area contributed by atoms with Crippen LogP contribution in [0.3, 0.4) is 0 Å². The van der Waals surface area contributed by atoms with Crippen molar-refractivity contribution in [2.24, 2.45) is 0 Å². The molecule has 0 bridgehead atoms. The highest BCUT2D eigenvalue weighted by Gasteiger charge is 2.22. The fraction of sp³-hybridized carbons (Fsp3) is 0.0690. The molecule has 0 saturated carbocycles. The zero-order valence-corrected chi connectivity index (χ0v) is 20.1. The Morgan fingerprint density at radius 3 is 2.43 bits per heavy atom. The maximum absolute atomic E-state index is 13.6. The minimum absolute atomic E-state index is 0.0235. The Morgan fingerprint density at radius 2 is 1.62 bits per heavy atom. The quantitative estimate of drug-likeness (QED) is 0.320. The van der Waals surface area contributed by atoms with Crippen LogP contribution in [0.4, 0.5) is 5.69 Å². The summed E-state index contributed by atoms with van der Waals surface area (Å²) in [5, 5.41) is 5.30. The van der Waals surface area contributed by atoms with Gasteiger partial charge in [0.15, 0.2) is 17.3 Å². The highest BCUT2D eigenvalue weighted by atomic mass is 35.5. The molecule has 1 aromatic heterocycles. The zero-order chi connectivity index (χ0) is 25.5. The van der Waals surface area contributed by atoms with E-state index in [9.17, 15) is 14.4 Å². The van der Waals surface area contributed by atoms with Crippen molar-refractivity contribution in [1.29, 1.82) is 0 Å². The molecule has 0 radical (unpaired) electrons. The largest absolute Gasteiger partial charge is 0.454 e. The van der Waals surface area contributed by atoms with Crippen LogP contribution in [0.25, 0.3) is 21.7 Å². The number of pyridine rings is 1. The fourth-order valence-corrected chi connectivity index (χ4v) is 4.65. The number of nitrogens with zero attached hydrogens (tertiary/aromatic N) is 1. The smallest absolute Gasteiger partial charge is 0.244 e. The maximum atomic E-state index is 13.6. The van der Waals surface area contributed by atoms with E-state index < -0.39 is 11.2 Å². The first-order chi connectivity index (χ1) is 18.0. The van der Waals surface area contributed by atoms with Crippen molar-refractivity contribution in [3.63, 3.8) is 0 Å². The second-order valence-electron chi connectivity index (χ2n) is 8.64. The molecular weight excluding hydrogens is 492 g/mol. The Bertz CT molecular complexity index is 1790. The first kappa shape index (κ1) is 22.8. The summed E-state index contributed by atoms with van der Waals surface area (Å²) in [7, 11) is 0. The number of benzene rings is 4. The van der Waals surface area contributed by atoms with Crippen LogP contribution in [0.1, 0.15) is 15.9 Å². The van der Waals surface area contributed by atoms with E-state index in [0.29, 0.717) is 33.3 Å². The van der Waals surface area contributed by atoms with Crippen LogP contribution < -0.4 is 20.2 Å². The van der Waals surface area contributed by atoms with Gasteiger partial charge in [-0.1, -0.05) is 60.1 Å². The average molecular weight is 511 g/mol. The van der Waals surface area contributed by atoms with Crippen LogP contribution in [-0.4, -0.2) is 23.1 Å². The van der Waals surface area contributed by atoms with Crippen molar-refractivity contribution >= 4 is 50.7 Å². The van der Waals surface area contributed by atoms with E-state index >= 15 is 0 Å². The molecular formula is C29H19ClN2O5. The monoisotopic (exact) mass is 510 g/mol. The molecule has 6 rings (SSSR count). The van der Waals surface area contributed by atoms with E-state index in [4.69, 9.17) is 21.1 Å². The van der Waals surface area contributed by atoms with Gasteiger partial charge in [0.05, 0.1) is 27.2 Å². The molecule has 1 aliphatic rings. The number of amides is 1. The van der Waals surface area contributed by atoms with Gasteiger partial charge in [-0.3, -0.25) is 14.4 Å². The van der Waals surface area contributed by atoms with Crippen LogP contribution in [0.2, 0.25) is 5.02 Å². The van der Waals surface area contributed by atoms with Gasteiger partial charge >= 0.3 is 0 Å². The summed E-state index contributed by atoms with van der Waals surface area (Å²) < 4.78 is 12.5. The van der Waals surface area contributed by atoms with Crippen molar-refractivity contribution in [1.82, 2.24) is 4.57 Å². The molecule has 182 valence electrons. The number of carbonyl (C=O) groups is 2. The number of aromatic nitrogens is 1. The Kier molecular flexibility index (Phi) is 5.62. The van der Waals surface area contributed by atoms with Crippen molar-refractivity contribution in [2.75, 3.05) is 12.1 Å². The van der Waals surface area contributed by atoms with Crippen LogP contribution in [0, 0.1) is 0 Å². The van der Waals surface area contributed by atoms with Gasteiger partial charge in [0.25, 0.3) is 0 Å². The van der Waals surface area contributed by atoms with Crippen molar-refractivity contribution in [2.45, 2.75) is 6.54 Å². The summed E-state index contributed by atoms with van der Waals surface area (Å²) in [4.78, 5) is 40.1. The van der Waals surface area contributed by atoms with Crippen LogP contribution in [0.5, 0.6) is 11.5 Å². The predicted molar refractivity (Wildman–Crippen MR) is 142 cm³/mol. The summed E-state index contributed by atoms with van der Waals surface area (Å²) in [6.07, 6.45) is 1.43. The van der Waals surface area contributed by atoms with Gasteiger partial charge in [0.1, 0.15) is 6.54 Å². The second kappa shape index (κ2) is 9.11. The van der Waals surface area contributed by atoms with E-state index in [-0.39, 0.29) is 30.2 Å². The molecule has 0 atom stereocenters. The fourth-order valence-electron chi connectivity index (χ4n) is 4.47. The molecule has 0 spiro atoms. The maximum Gasteiger partial charge on any atom is 0.244 e. The molecule has 8 heteroatoms. The summed E-state index contributed by atoms with van der Waals surface area (Å²) in [6.45, 7) is -0.143. The number of hydrogen-bond acceptors (Lipinski definition) is 5. The van der Waals surface area contributed by atoms with Crippen molar-refractivity contribution in [3.8, 4) is 11.5 Å². The van der Waals surface area contributed by atoms with E-state index in [1.165, 1.54) is 6.20 Å². The summed E-state index contributed by atoms with van der Waals surface area (Å²) in [5.74, 6) is 0.0585. The van der Waals surface area contributed by atoms with Gasteiger partial charge in [0, 0.05) is 17.8 Å². The summed E-state index contributed by atoms with van der Waals surface area (Å²) >= 11 is 6.19. The van der Waals surface area contributed by atoms with E-state index in [2.05, 4.69) is 5.32 Å². The van der Waals surface area contributed by atoms with Gasteiger partial charge in [-0.25, -0.2) is 0 Å². The molecule has 1 N–H and O–H groups in total. The van der Waals surface area contributed by atoms with E-state index in [0.717, 1.165) is 10.8 Å². The van der Waals surface area contributed by atoms with Gasteiger partial charge in [-0.15, -0.1) is 0 Å². The van der Waals surface area contributed by atoms with Crippen LogP contribution >= 0.6 is 11.6 Å². The van der Waals surface area contributed by atoms with Gasteiger partial charge in [-0.2, -0.15) is 0 Å². The van der Waals surface area contributed by atoms with Crippen molar-refractivity contribution in [3.05, 3.63) is 111 Å². The zero-order valence-electron chi connectivity index (χ0n) is 19.4. The van der Waals surface area contributed by atoms with Gasteiger partial charge in [-0.05, 0) is 35.0 Å². The Hall–Kier alpha value is -4.62. The van der Waals surface area contributed by atoms with E-state index in [1.807, 2.05) is 30.3 Å². The number of nitrogens with one attached hydrogen (secondary N) is 1. The number of hydrogen-bond donors (Lipinski definition) is 1. The second-order valence-corrected chi connectivity index (χ2v) is 9.05. The molecule has 1 amide bonds. The Labute approximate surface area is 215 Å². The Balaban J connectivity index is 1.45. The number of para-hydroxylation sites is 1. The molecule has 0 fully saturated rings. The first-order valence-corrected chi connectivity index (χ1v) is 11.9. The molecule has 2 heterocycles. The van der Waals surface area contributed by atoms with Gasteiger partial charge in [0.2, 0.25) is 18.1 Å². The summed E-state index contributed by atoms with van der Waals surface area (Å²) in [5.41, 5.74) is 0.785. The SMILES string of the molecule is O=C(Cn1cc(C(=O)c2ccc3ccccc3c2)c(=O)c2cc3c(cc21)OCO3)Nc1ccccc1Cl. The molecule has 5 aromatic rings. The average Bonchev–Trinajstić information content (AvgIpc) is 3.38. The number of ketones is 1. The molecule has 37 heavy (non-hydrogen) atoms. The number of carbonyl (C=O) groups excluding carboxylic acids is 2. The van der Waals surface area contributed by atoms with Gasteiger partial charge < -0.3 is 19.4 Å². The predicted octanol–water partition coefficient (Wildman–Crippen LogP) is 5.41. The third-order valence-electron chi connectivity index (χ3n) is 6.29. The first-order valence-electron chi connectivity index (χ1n) is 11.5.